The van der Waals surface area contributed by atoms with Crippen molar-refractivity contribution in [2.45, 2.75) is 51.1 Å². The van der Waals surface area contributed by atoms with E-state index in [2.05, 4.69) is 20.6 Å². The fourth-order valence-electron chi connectivity index (χ4n) is 3.44. The zero-order chi connectivity index (χ0) is 20.5. The number of benzene rings is 1. The van der Waals surface area contributed by atoms with Crippen molar-refractivity contribution in [3.05, 3.63) is 41.1 Å². The van der Waals surface area contributed by atoms with Crippen molar-refractivity contribution in [2.75, 3.05) is 10.6 Å². The van der Waals surface area contributed by atoms with Crippen LogP contribution in [0.1, 0.15) is 40.7 Å². The molecule has 0 radical (unpaired) electrons. The first-order valence-corrected chi connectivity index (χ1v) is 9.08. The lowest BCUT2D eigenvalue weighted by atomic mass is 9.87. The van der Waals surface area contributed by atoms with E-state index in [0.29, 0.717) is 12.8 Å². The Balaban J connectivity index is 1.88. The molecule has 150 valence electrons. The van der Waals surface area contributed by atoms with Crippen LogP contribution >= 0.6 is 0 Å². The number of rotatable bonds is 5. The summed E-state index contributed by atoms with van der Waals surface area (Å²) in [6, 6.07) is 3.79. The molecule has 2 atom stereocenters. The van der Waals surface area contributed by atoms with Crippen molar-refractivity contribution in [1.82, 2.24) is 9.97 Å². The second kappa shape index (κ2) is 7.67. The van der Waals surface area contributed by atoms with E-state index in [-0.39, 0.29) is 23.8 Å². The highest BCUT2D eigenvalue weighted by Gasteiger charge is 2.44. The number of carbonyl (C=O) groups is 1. The first kappa shape index (κ1) is 19.9. The largest absolute Gasteiger partial charge is 0.365 e. The van der Waals surface area contributed by atoms with Gasteiger partial charge in [0.15, 0.2) is 0 Å². The number of hydrogen-bond donors (Lipinski definition) is 4. The smallest absolute Gasteiger partial charge is 0.264 e. The van der Waals surface area contributed by atoms with Crippen molar-refractivity contribution in [1.29, 1.82) is 0 Å². The van der Waals surface area contributed by atoms with Gasteiger partial charge < -0.3 is 22.1 Å². The predicted molar refractivity (Wildman–Crippen MR) is 104 cm³/mol. The molecule has 1 aliphatic carbocycles. The Morgan fingerprint density at radius 2 is 1.93 bits per heavy atom. The number of amides is 1. The molecule has 1 aromatic heterocycles. The number of hydrogen-bond acceptors (Lipinski definition) is 6. The average molecular weight is 390 g/mol. The molecule has 1 aliphatic rings. The molecule has 9 heteroatoms. The molecule has 3 rings (SSSR count). The van der Waals surface area contributed by atoms with E-state index in [1.165, 1.54) is 6.20 Å². The number of primary amides is 1. The maximum Gasteiger partial charge on any atom is 0.264 e. The standard InChI is InChI=1S/C19H24F2N6O/c1-10-6-11(2)8-12(7-10)25-17-13(16(23)28)9-24-18(27-17)26-14-4-3-5-19(20,21)15(14)22/h6-9,14-15H,3-5,22H2,1-2H3,(H2,23,28)(H2,24,25,26,27)/t14-,15-/m1/s1. The van der Waals surface area contributed by atoms with E-state index in [1.54, 1.807) is 0 Å². The summed E-state index contributed by atoms with van der Waals surface area (Å²) in [7, 11) is 0. The van der Waals surface area contributed by atoms with Crippen LogP contribution in [0.25, 0.3) is 0 Å². The minimum absolute atomic E-state index is 0.1000. The zero-order valence-electron chi connectivity index (χ0n) is 15.8. The van der Waals surface area contributed by atoms with Crippen molar-refractivity contribution in [2.24, 2.45) is 11.5 Å². The Morgan fingerprint density at radius 3 is 2.57 bits per heavy atom. The van der Waals surface area contributed by atoms with Gasteiger partial charge in [-0.2, -0.15) is 4.98 Å². The second-order valence-corrected chi connectivity index (χ2v) is 7.25. The van der Waals surface area contributed by atoms with Crippen LogP contribution in [-0.4, -0.2) is 33.9 Å². The summed E-state index contributed by atoms with van der Waals surface area (Å²) < 4.78 is 27.8. The molecular formula is C19H24F2N6O. The molecule has 1 heterocycles. The summed E-state index contributed by atoms with van der Waals surface area (Å²) >= 11 is 0. The second-order valence-electron chi connectivity index (χ2n) is 7.25. The Morgan fingerprint density at radius 1 is 1.25 bits per heavy atom. The van der Waals surface area contributed by atoms with Gasteiger partial charge in [-0.15, -0.1) is 0 Å². The fourth-order valence-corrected chi connectivity index (χ4v) is 3.44. The third-order valence-electron chi connectivity index (χ3n) is 4.80. The molecule has 6 N–H and O–H groups in total. The molecule has 7 nitrogen and oxygen atoms in total. The van der Waals surface area contributed by atoms with Crippen molar-refractivity contribution < 1.29 is 13.6 Å². The first-order valence-electron chi connectivity index (χ1n) is 9.08. The van der Waals surface area contributed by atoms with Crippen molar-refractivity contribution >= 4 is 23.4 Å². The van der Waals surface area contributed by atoms with Gasteiger partial charge in [0.05, 0.1) is 12.1 Å². The van der Waals surface area contributed by atoms with Crippen LogP contribution in [0.5, 0.6) is 0 Å². The zero-order valence-corrected chi connectivity index (χ0v) is 15.8. The van der Waals surface area contributed by atoms with Gasteiger partial charge in [-0.05, 0) is 49.9 Å². The lowest BCUT2D eigenvalue weighted by Crippen LogP contribution is -2.55. The summed E-state index contributed by atoms with van der Waals surface area (Å²) in [5, 5.41) is 5.95. The SMILES string of the molecule is Cc1cc(C)cc(Nc2nc(N[C@@H]3CCCC(F)(F)[C@@H]3N)ncc2C(N)=O)c1. The van der Waals surface area contributed by atoms with Crippen LogP contribution in [-0.2, 0) is 0 Å². The van der Waals surface area contributed by atoms with Crippen LogP contribution < -0.4 is 22.1 Å². The van der Waals surface area contributed by atoms with E-state index in [4.69, 9.17) is 11.5 Å². The lowest BCUT2D eigenvalue weighted by Gasteiger charge is -2.35. The number of aromatic nitrogens is 2. The number of halogens is 2. The number of nitrogens with two attached hydrogens (primary N) is 2. The van der Waals surface area contributed by atoms with Gasteiger partial charge in [-0.25, -0.2) is 13.8 Å². The molecule has 0 bridgehead atoms. The molecule has 0 saturated heterocycles. The van der Waals surface area contributed by atoms with Gasteiger partial charge in [-0.1, -0.05) is 6.07 Å². The number of carbonyl (C=O) groups excluding carboxylic acids is 1. The molecule has 2 aromatic rings. The van der Waals surface area contributed by atoms with Gasteiger partial charge in [-0.3, -0.25) is 4.79 Å². The average Bonchev–Trinajstić information content (AvgIpc) is 2.58. The van der Waals surface area contributed by atoms with E-state index >= 15 is 0 Å². The molecule has 1 fully saturated rings. The molecule has 28 heavy (non-hydrogen) atoms. The topological polar surface area (TPSA) is 119 Å². The lowest BCUT2D eigenvalue weighted by molar-refractivity contribution is -0.0555. The molecule has 1 aromatic carbocycles. The third kappa shape index (κ3) is 4.36. The summed E-state index contributed by atoms with van der Waals surface area (Å²) in [6.45, 7) is 3.90. The van der Waals surface area contributed by atoms with E-state index < -0.39 is 23.9 Å². The minimum atomic E-state index is -2.94. The molecule has 1 saturated carbocycles. The van der Waals surface area contributed by atoms with Gasteiger partial charge in [0.25, 0.3) is 11.8 Å². The number of nitrogens with zero attached hydrogens (tertiary/aromatic N) is 2. The van der Waals surface area contributed by atoms with E-state index in [1.807, 2.05) is 32.0 Å². The van der Waals surface area contributed by atoms with Crippen molar-refractivity contribution in [3.8, 4) is 0 Å². The number of aryl methyl sites for hydroxylation is 2. The van der Waals surface area contributed by atoms with Gasteiger partial charge in [0, 0.05) is 18.3 Å². The first-order chi connectivity index (χ1) is 13.2. The van der Waals surface area contributed by atoms with Crippen LogP contribution in [0, 0.1) is 13.8 Å². The Hall–Kier alpha value is -2.81. The normalized spacial score (nSPS) is 21.2. The quantitative estimate of drug-likeness (QED) is 0.623. The number of nitrogens with one attached hydrogen (secondary N) is 2. The third-order valence-corrected chi connectivity index (χ3v) is 4.80. The highest BCUT2D eigenvalue weighted by molar-refractivity contribution is 5.98. The molecule has 1 amide bonds. The molecule has 0 aliphatic heterocycles. The summed E-state index contributed by atoms with van der Waals surface area (Å²) in [4.78, 5) is 20.1. The number of alkyl halides is 2. The Bertz CT molecular complexity index is 868. The summed E-state index contributed by atoms with van der Waals surface area (Å²) in [5.74, 6) is -3.33. The fraction of sp³-hybridized carbons (Fsp3) is 0.421. The highest BCUT2D eigenvalue weighted by atomic mass is 19.3. The minimum Gasteiger partial charge on any atom is -0.365 e. The monoisotopic (exact) mass is 390 g/mol. The Labute approximate surface area is 161 Å². The van der Waals surface area contributed by atoms with E-state index in [0.717, 1.165) is 16.8 Å². The van der Waals surface area contributed by atoms with Gasteiger partial charge in [0.1, 0.15) is 11.4 Å². The predicted octanol–water partition coefficient (Wildman–Crippen LogP) is 2.86. The van der Waals surface area contributed by atoms with E-state index in [9.17, 15) is 13.6 Å². The summed E-state index contributed by atoms with van der Waals surface area (Å²) in [6.07, 6.45) is 1.88. The maximum absolute atomic E-state index is 13.9. The van der Waals surface area contributed by atoms with Crippen LogP contribution in [0.4, 0.5) is 26.2 Å². The molecular weight excluding hydrogens is 366 g/mol. The Kier molecular flexibility index (Phi) is 5.46. The van der Waals surface area contributed by atoms with Gasteiger partial charge >= 0.3 is 0 Å². The number of anilines is 3. The van der Waals surface area contributed by atoms with Crippen molar-refractivity contribution in [3.63, 3.8) is 0 Å². The molecule has 0 spiro atoms. The summed E-state index contributed by atoms with van der Waals surface area (Å²) in [5.41, 5.74) is 14.0. The van der Waals surface area contributed by atoms with Crippen LogP contribution in [0.2, 0.25) is 0 Å². The van der Waals surface area contributed by atoms with Crippen LogP contribution in [0.15, 0.2) is 24.4 Å². The van der Waals surface area contributed by atoms with Gasteiger partial charge in [0.2, 0.25) is 5.95 Å². The maximum atomic E-state index is 13.9. The highest BCUT2D eigenvalue weighted by Crippen LogP contribution is 2.33. The van der Waals surface area contributed by atoms with Crippen LogP contribution in [0.3, 0.4) is 0 Å². The molecule has 0 unspecified atom stereocenters.